The van der Waals surface area contributed by atoms with Crippen LogP contribution in [0.4, 0.5) is 10.5 Å². The third-order valence-corrected chi connectivity index (χ3v) is 4.03. The Kier molecular flexibility index (Phi) is 4.89. The first-order valence-corrected chi connectivity index (χ1v) is 8.54. The fourth-order valence-corrected chi connectivity index (χ4v) is 2.83. The second-order valence-corrected chi connectivity index (χ2v) is 7.12. The van der Waals surface area contributed by atoms with Gasteiger partial charge in [0.05, 0.1) is 31.0 Å². The first-order chi connectivity index (χ1) is 13.2. The summed E-state index contributed by atoms with van der Waals surface area (Å²) < 4.78 is 11.6. The van der Waals surface area contributed by atoms with Crippen molar-refractivity contribution in [1.29, 1.82) is 0 Å². The van der Waals surface area contributed by atoms with E-state index in [0.29, 0.717) is 33.3 Å². The van der Waals surface area contributed by atoms with Gasteiger partial charge in [-0.15, -0.1) is 0 Å². The number of nitrogens with zero attached hydrogens (tertiary/aromatic N) is 3. The van der Waals surface area contributed by atoms with Crippen LogP contribution in [0.5, 0.6) is 0 Å². The number of methoxy groups -OCH3 is 1. The van der Waals surface area contributed by atoms with E-state index in [4.69, 9.17) is 16.0 Å². The van der Waals surface area contributed by atoms with Gasteiger partial charge < -0.3 is 9.47 Å². The zero-order chi connectivity index (χ0) is 20.5. The smallest absolute Gasteiger partial charge is 0.419 e. The van der Waals surface area contributed by atoms with Crippen LogP contribution in [0, 0.1) is 6.57 Å². The molecule has 0 saturated heterocycles. The quantitative estimate of drug-likeness (QED) is 0.473. The van der Waals surface area contributed by atoms with Crippen molar-refractivity contribution in [3.8, 4) is 11.1 Å². The van der Waals surface area contributed by atoms with Gasteiger partial charge in [-0.1, -0.05) is 18.2 Å². The van der Waals surface area contributed by atoms with Gasteiger partial charge in [-0.3, -0.25) is 9.55 Å². The second-order valence-electron chi connectivity index (χ2n) is 7.12. The molecule has 0 aliphatic heterocycles. The zero-order valence-corrected chi connectivity index (χ0v) is 16.0. The molecule has 3 rings (SSSR count). The number of hydrogen-bond acceptors (Lipinski definition) is 5. The molecule has 0 saturated carbocycles. The standard InChI is InChI=1S/C21H19N3O4/c1-21(2,3)28-20(26)24-9-8-14-16(11-23-12-18(14)24)15-10-13(19(25)27-5)6-7-17(15)22-4/h6-12H,1-3,5H3. The summed E-state index contributed by atoms with van der Waals surface area (Å²) in [6.07, 6.45) is 4.25. The minimum absolute atomic E-state index is 0.327. The van der Waals surface area contributed by atoms with Gasteiger partial charge >= 0.3 is 12.1 Å². The van der Waals surface area contributed by atoms with Crippen LogP contribution in [0.15, 0.2) is 42.9 Å². The number of carbonyl (C=O) groups excluding carboxylic acids is 2. The van der Waals surface area contributed by atoms with Crippen molar-refractivity contribution in [2.24, 2.45) is 0 Å². The number of aromatic nitrogens is 2. The molecule has 2 aromatic heterocycles. The molecular weight excluding hydrogens is 358 g/mol. The van der Waals surface area contributed by atoms with Gasteiger partial charge in [-0.2, -0.15) is 0 Å². The van der Waals surface area contributed by atoms with Gasteiger partial charge in [0, 0.05) is 17.8 Å². The molecule has 0 aliphatic carbocycles. The number of pyridine rings is 1. The molecule has 0 unspecified atom stereocenters. The number of fused-ring (bicyclic) bond motifs is 1. The summed E-state index contributed by atoms with van der Waals surface area (Å²) in [6.45, 7) is 12.8. The minimum atomic E-state index is -0.634. The Hall–Kier alpha value is -3.66. The van der Waals surface area contributed by atoms with E-state index in [1.54, 1.807) is 63.6 Å². The normalized spacial score (nSPS) is 11.1. The van der Waals surface area contributed by atoms with Gasteiger partial charge in [0.15, 0.2) is 5.69 Å². The van der Waals surface area contributed by atoms with Crippen LogP contribution in [-0.4, -0.2) is 34.3 Å². The summed E-state index contributed by atoms with van der Waals surface area (Å²) >= 11 is 0. The molecule has 142 valence electrons. The predicted octanol–water partition coefficient (Wildman–Crippen LogP) is 4.82. The lowest BCUT2D eigenvalue weighted by molar-refractivity contribution is 0.0542. The van der Waals surface area contributed by atoms with Gasteiger partial charge in [-0.25, -0.2) is 14.4 Å². The lowest BCUT2D eigenvalue weighted by Crippen LogP contribution is -2.26. The molecule has 1 aromatic carbocycles. The van der Waals surface area contributed by atoms with E-state index in [2.05, 4.69) is 9.83 Å². The molecule has 7 nitrogen and oxygen atoms in total. The number of ether oxygens (including phenoxy) is 2. The summed E-state index contributed by atoms with van der Waals surface area (Å²) in [7, 11) is 1.30. The first-order valence-electron chi connectivity index (χ1n) is 8.54. The summed E-state index contributed by atoms with van der Waals surface area (Å²) in [4.78, 5) is 32.2. The van der Waals surface area contributed by atoms with Crippen molar-refractivity contribution in [3.63, 3.8) is 0 Å². The lowest BCUT2D eigenvalue weighted by Gasteiger charge is -2.19. The fourth-order valence-electron chi connectivity index (χ4n) is 2.83. The molecule has 3 aromatic rings. The fraction of sp³-hybridized carbons (Fsp3) is 0.238. The molecule has 0 bridgehead atoms. The molecule has 28 heavy (non-hydrogen) atoms. The highest BCUT2D eigenvalue weighted by Gasteiger charge is 2.21. The molecule has 0 radical (unpaired) electrons. The number of esters is 1. The summed E-state index contributed by atoms with van der Waals surface area (Å²) in [6, 6.07) is 6.47. The molecule has 0 amide bonds. The van der Waals surface area contributed by atoms with E-state index < -0.39 is 17.7 Å². The zero-order valence-electron chi connectivity index (χ0n) is 16.0. The summed E-state index contributed by atoms with van der Waals surface area (Å²) in [5, 5.41) is 0.716. The van der Waals surface area contributed by atoms with E-state index in [1.807, 2.05) is 0 Å². The Labute approximate surface area is 162 Å². The van der Waals surface area contributed by atoms with E-state index in [-0.39, 0.29) is 0 Å². The van der Waals surface area contributed by atoms with Crippen LogP contribution in [0.2, 0.25) is 0 Å². The average molecular weight is 377 g/mol. The maximum absolute atomic E-state index is 12.5. The number of rotatable bonds is 2. The van der Waals surface area contributed by atoms with E-state index in [1.165, 1.54) is 11.7 Å². The predicted molar refractivity (Wildman–Crippen MR) is 104 cm³/mol. The SMILES string of the molecule is [C-]#[N+]c1ccc(C(=O)OC)cc1-c1cncc2c1ccn2C(=O)OC(C)(C)C. The molecule has 0 fully saturated rings. The van der Waals surface area contributed by atoms with Crippen molar-refractivity contribution in [1.82, 2.24) is 9.55 Å². The average Bonchev–Trinajstić information content (AvgIpc) is 3.10. The Morgan fingerprint density at radius 3 is 2.54 bits per heavy atom. The maximum Gasteiger partial charge on any atom is 0.419 e. The van der Waals surface area contributed by atoms with Crippen molar-refractivity contribution >= 4 is 28.7 Å². The molecular formula is C21H19N3O4. The molecule has 0 spiro atoms. The highest BCUT2D eigenvalue weighted by atomic mass is 16.6. The van der Waals surface area contributed by atoms with Gasteiger partial charge in [0.2, 0.25) is 0 Å². The van der Waals surface area contributed by atoms with Crippen LogP contribution >= 0.6 is 0 Å². The Morgan fingerprint density at radius 1 is 1.14 bits per heavy atom. The number of carbonyl (C=O) groups is 2. The summed E-state index contributed by atoms with van der Waals surface area (Å²) in [5.41, 5.74) is 1.78. The number of hydrogen-bond donors (Lipinski definition) is 0. The van der Waals surface area contributed by atoms with E-state index >= 15 is 0 Å². The third-order valence-electron chi connectivity index (χ3n) is 4.03. The molecule has 7 heteroatoms. The van der Waals surface area contributed by atoms with E-state index in [9.17, 15) is 9.59 Å². The first kappa shape index (κ1) is 19.1. The lowest BCUT2D eigenvalue weighted by atomic mass is 10.00. The molecule has 0 aliphatic rings. The molecule has 2 heterocycles. The van der Waals surface area contributed by atoms with Crippen LogP contribution in [-0.2, 0) is 9.47 Å². The number of benzene rings is 1. The Balaban J connectivity index is 2.17. The minimum Gasteiger partial charge on any atom is -0.465 e. The van der Waals surface area contributed by atoms with Crippen molar-refractivity contribution in [3.05, 3.63) is 59.8 Å². The van der Waals surface area contributed by atoms with Crippen molar-refractivity contribution in [2.75, 3.05) is 7.11 Å². The molecule has 0 N–H and O–H groups in total. The van der Waals surface area contributed by atoms with Crippen LogP contribution in [0.3, 0.4) is 0 Å². The summed E-state index contributed by atoms with van der Waals surface area (Å²) in [5.74, 6) is -0.496. The Bertz CT molecular complexity index is 1120. The highest BCUT2D eigenvalue weighted by Crippen LogP contribution is 2.36. The van der Waals surface area contributed by atoms with Crippen LogP contribution in [0.25, 0.3) is 26.9 Å². The van der Waals surface area contributed by atoms with Crippen molar-refractivity contribution in [2.45, 2.75) is 26.4 Å². The second kappa shape index (κ2) is 7.16. The van der Waals surface area contributed by atoms with Crippen LogP contribution < -0.4 is 0 Å². The van der Waals surface area contributed by atoms with Crippen LogP contribution in [0.1, 0.15) is 31.1 Å². The van der Waals surface area contributed by atoms with Gasteiger partial charge in [0.1, 0.15) is 5.60 Å². The van der Waals surface area contributed by atoms with E-state index in [0.717, 1.165) is 0 Å². The Morgan fingerprint density at radius 2 is 1.89 bits per heavy atom. The van der Waals surface area contributed by atoms with Gasteiger partial charge in [-0.05, 0) is 38.0 Å². The highest BCUT2D eigenvalue weighted by molar-refractivity contribution is 6.02. The largest absolute Gasteiger partial charge is 0.465 e. The maximum atomic E-state index is 12.5. The topological polar surface area (TPSA) is 74.8 Å². The molecule has 0 atom stereocenters. The van der Waals surface area contributed by atoms with Gasteiger partial charge in [0.25, 0.3) is 0 Å². The third kappa shape index (κ3) is 3.58. The van der Waals surface area contributed by atoms with Crippen molar-refractivity contribution < 1.29 is 19.1 Å². The monoisotopic (exact) mass is 377 g/mol.